The normalized spacial score (nSPS) is 14.0. The first kappa shape index (κ1) is 14.8. The van der Waals surface area contributed by atoms with E-state index in [0.717, 1.165) is 0 Å². The minimum Gasteiger partial charge on any atom is -0.0648 e. The Hall–Kier alpha value is -1.56. The second kappa shape index (κ2) is 6.74. The van der Waals surface area contributed by atoms with E-state index in [0.29, 0.717) is 11.8 Å². The average Bonchev–Trinajstić information content (AvgIpc) is 2.53. The maximum absolute atomic E-state index is 2.35. The standard InChI is InChI=1S/C20H26/c1-5-15(3)18-13-10-14-19(20(18)16(4)6-2)17-11-8-7-9-12-17/h7-16H,5-6H2,1-4H3. The predicted octanol–water partition coefficient (Wildman–Crippen LogP) is 6.38. The minimum atomic E-state index is 0.607. The van der Waals surface area contributed by atoms with Crippen molar-refractivity contribution in [2.75, 3.05) is 0 Å². The zero-order valence-electron chi connectivity index (χ0n) is 13.2. The van der Waals surface area contributed by atoms with E-state index in [1.54, 1.807) is 5.56 Å². The molecule has 20 heavy (non-hydrogen) atoms. The van der Waals surface area contributed by atoms with E-state index in [1.807, 2.05) is 0 Å². The van der Waals surface area contributed by atoms with Crippen LogP contribution in [0.3, 0.4) is 0 Å². The fourth-order valence-corrected chi connectivity index (χ4v) is 2.86. The van der Waals surface area contributed by atoms with E-state index in [2.05, 4.69) is 76.2 Å². The molecule has 0 saturated heterocycles. The Morgan fingerprint density at radius 3 is 2.00 bits per heavy atom. The van der Waals surface area contributed by atoms with E-state index in [-0.39, 0.29) is 0 Å². The van der Waals surface area contributed by atoms with Gasteiger partial charge in [-0.2, -0.15) is 0 Å². The van der Waals surface area contributed by atoms with E-state index in [9.17, 15) is 0 Å². The van der Waals surface area contributed by atoms with Gasteiger partial charge in [0.25, 0.3) is 0 Å². The first-order chi connectivity index (χ1) is 9.69. The molecule has 0 nitrogen and oxygen atoms in total. The largest absolute Gasteiger partial charge is 0.0648 e. The predicted molar refractivity (Wildman–Crippen MR) is 89.3 cm³/mol. The van der Waals surface area contributed by atoms with Crippen molar-refractivity contribution in [1.29, 1.82) is 0 Å². The van der Waals surface area contributed by atoms with Gasteiger partial charge in [0.15, 0.2) is 0 Å². The molecule has 0 N–H and O–H groups in total. The summed E-state index contributed by atoms with van der Waals surface area (Å²) < 4.78 is 0. The van der Waals surface area contributed by atoms with Crippen LogP contribution in [0, 0.1) is 0 Å². The maximum atomic E-state index is 2.35. The highest BCUT2D eigenvalue weighted by Gasteiger charge is 2.17. The molecule has 2 aromatic rings. The van der Waals surface area contributed by atoms with Crippen molar-refractivity contribution in [3.63, 3.8) is 0 Å². The topological polar surface area (TPSA) is 0 Å². The molecule has 0 saturated carbocycles. The number of hydrogen-bond donors (Lipinski definition) is 0. The van der Waals surface area contributed by atoms with E-state index in [1.165, 1.54) is 29.5 Å². The van der Waals surface area contributed by atoms with E-state index < -0.39 is 0 Å². The quantitative estimate of drug-likeness (QED) is 0.589. The van der Waals surface area contributed by atoms with Crippen LogP contribution in [0.2, 0.25) is 0 Å². The molecule has 0 spiro atoms. The molecular formula is C20H26. The monoisotopic (exact) mass is 266 g/mol. The Bertz CT molecular complexity index is 539. The molecule has 2 unspecified atom stereocenters. The molecule has 0 bridgehead atoms. The summed E-state index contributed by atoms with van der Waals surface area (Å²) in [6.45, 7) is 9.26. The summed E-state index contributed by atoms with van der Waals surface area (Å²) in [4.78, 5) is 0. The third kappa shape index (κ3) is 2.95. The fourth-order valence-electron chi connectivity index (χ4n) is 2.86. The van der Waals surface area contributed by atoms with Crippen LogP contribution >= 0.6 is 0 Å². The summed E-state index contributed by atoms with van der Waals surface area (Å²) in [5.74, 6) is 1.23. The second-order valence-electron chi connectivity index (χ2n) is 5.79. The lowest BCUT2D eigenvalue weighted by Gasteiger charge is -2.23. The first-order valence-corrected chi connectivity index (χ1v) is 7.87. The molecule has 0 amide bonds. The number of benzene rings is 2. The molecule has 0 aliphatic heterocycles. The minimum absolute atomic E-state index is 0.607. The van der Waals surface area contributed by atoms with Crippen molar-refractivity contribution in [2.45, 2.75) is 52.4 Å². The van der Waals surface area contributed by atoms with Gasteiger partial charge in [0.2, 0.25) is 0 Å². The summed E-state index contributed by atoms with van der Waals surface area (Å²) in [6, 6.07) is 17.6. The Kier molecular flexibility index (Phi) is 5.00. The molecular weight excluding hydrogens is 240 g/mol. The molecule has 2 rings (SSSR count). The highest BCUT2D eigenvalue weighted by molar-refractivity contribution is 5.69. The van der Waals surface area contributed by atoms with Crippen LogP contribution in [0.4, 0.5) is 0 Å². The second-order valence-corrected chi connectivity index (χ2v) is 5.79. The van der Waals surface area contributed by atoms with Gasteiger partial charge in [-0.25, -0.2) is 0 Å². The van der Waals surface area contributed by atoms with Crippen molar-refractivity contribution < 1.29 is 0 Å². The molecule has 0 aliphatic rings. The molecule has 106 valence electrons. The van der Waals surface area contributed by atoms with Gasteiger partial charge in [0.1, 0.15) is 0 Å². The van der Waals surface area contributed by atoms with Crippen LogP contribution in [-0.2, 0) is 0 Å². The summed E-state index contributed by atoms with van der Waals surface area (Å²) in [6.07, 6.45) is 2.38. The first-order valence-electron chi connectivity index (χ1n) is 7.87. The van der Waals surface area contributed by atoms with Crippen molar-refractivity contribution in [3.05, 3.63) is 59.7 Å². The Morgan fingerprint density at radius 1 is 0.750 bits per heavy atom. The zero-order chi connectivity index (χ0) is 14.5. The van der Waals surface area contributed by atoms with Gasteiger partial charge in [0, 0.05) is 0 Å². The Morgan fingerprint density at radius 2 is 1.40 bits per heavy atom. The van der Waals surface area contributed by atoms with Gasteiger partial charge in [-0.05, 0) is 46.9 Å². The van der Waals surface area contributed by atoms with Crippen LogP contribution in [0.1, 0.15) is 63.5 Å². The van der Waals surface area contributed by atoms with Gasteiger partial charge < -0.3 is 0 Å². The highest BCUT2D eigenvalue weighted by Crippen LogP contribution is 2.37. The summed E-state index contributed by atoms with van der Waals surface area (Å²) in [5.41, 5.74) is 5.84. The van der Waals surface area contributed by atoms with Crippen LogP contribution in [0.5, 0.6) is 0 Å². The lowest BCUT2D eigenvalue weighted by Crippen LogP contribution is -2.04. The molecule has 0 aliphatic carbocycles. The maximum Gasteiger partial charge on any atom is -0.0146 e. The molecule has 0 heterocycles. The van der Waals surface area contributed by atoms with Crippen LogP contribution in [0.25, 0.3) is 11.1 Å². The summed E-state index contributed by atoms with van der Waals surface area (Å²) in [5, 5.41) is 0. The van der Waals surface area contributed by atoms with E-state index >= 15 is 0 Å². The molecule has 2 aromatic carbocycles. The highest BCUT2D eigenvalue weighted by atomic mass is 14.2. The lowest BCUT2D eigenvalue weighted by molar-refractivity contribution is 0.678. The lowest BCUT2D eigenvalue weighted by atomic mass is 9.82. The molecule has 2 atom stereocenters. The van der Waals surface area contributed by atoms with Crippen LogP contribution in [-0.4, -0.2) is 0 Å². The third-order valence-electron chi connectivity index (χ3n) is 4.47. The van der Waals surface area contributed by atoms with Crippen molar-refractivity contribution >= 4 is 0 Å². The van der Waals surface area contributed by atoms with Crippen molar-refractivity contribution in [2.24, 2.45) is 0 Å². The smallest absolute Gasteiger partial charge is 0.0146 e. The summed E-state index contributed by atoms with van der Waals surface area (Å²) in [7, 11) is 0. The third-order valence-corrected chi connectivity index (χ3v) is 4.47. The number of hydrogen-bond acceptors (Lipinski definition) is 0. The molecule has 0 heteroatoms. The zero-order valence-corrected chi connectivity index (χ0v) is 13.2. The van der Waals surface area contributed by atoms with Gasteiger partial charge in [-0.1, -0.05) is 76.2 Å². The Labute approximate surface area is 123 Å². The van der Waals surface area contributed by atoms with Crippen molar-refractivity contribution in [3.8, 4) is 11.1 Å². The van der Waals surface area contributed by atoms with Gasteiger partial charge in [-0.3, -0.25) is 0 Å². The molecule has 0 radical (unpaired) electrons. The van der Waals surface area contributed by atoms with Gasteiger partial charge >= 0.3 is 0 Å². The van der Waals surface area contributed by atoms with Crippen LogP contribution in [0.15, 0.2) is 48.5 Å². The molecule has 0 aromatic heterocycles. The Balaban J connectivity index is 2.62. The SMILES string of the molecule is CCC(C)c1cccc(-c2ccccc2)c1C(C)CC. The van der Waals surface area contributed by atoms with Gasteiger partial charge in [-0.15, -0.1) is 0 Å². The van der Waals surface area contributed by atoms with Crippen LogP contribution < -0.4 is 0 Å². The van der Waals surface area contributed by atoms with Crippen molar-refractivity contribution in [1.82, 2.24) is 0 Å². The molecule has 0 fully saturated rings. The summed E-state index contributed by atoms with van der Waals surface area (Å²) >= 11 is 0. The van der Waals surface area contributed by atoms with E-state index in [4.69, 9.17) is 0 Å². The average molecular weight is 266 g/mol. The van der Waals surface area contributed by atoms with Gasteiger partial charge in [0.05, 0.1) is 0 Å². The number of rotatable bonds is 5. The fraction of sp³-hybridized carbons (Fsp3) is 0.400.